The van der Waals surface area contributed by atoms with Gasteiger partial charge in [-0.2, -0.15) is 10.0 Å². The van der Waals surface area contributed by atoms with Crippen LogP contribution in [0.3, 0.4) is 0 Å². The van der Waals surface area contributed by atoms with E-state index in [9.17, 15) is 19.2 Å². The van der Waals surface area contributed by atoms with Crippen molar-refractivity contribution in [3.8, 4) is 0 Å². The zero-order valence-electron chi connectivity index (χ0n) is 15.9. The van der Waals surface area contributed by atoms with Gasteiger partial charge in [0.2, 0.25) is 0 Å². The number of hydrogen-bond donors (Lipinski definition) is 2. The van der Waals surface area contributed by atoms with E-state index in [1.165, 1.54) is 0 Å². The molecule has 12 heteroatoms. The van der Waals surface area contributed by atoms with Crippen LogP contribution in [-0.4, -0.2) is 42.3 Å². The average Bonchev–Trinajstić information content (AvgIpc) is 3.24. The predicted molar refractivity (Wildman–Crippen MR) is 129 cm³/mol. The van der Waals surface area contributed by atoms with Gasteiger partial charge in [-0.1, -0.05) is 59.9 Å². The van der Waals surface area contributed by atoms with Gasteiger partial charge in [0.1, 0.15) is 9.81 Å². The molecule has 0 bridgehead atoms. The Morgan fingerprint density at radius 3 is 1.34 bits per heavy atom. The Morgan fingerprint density at radius 1 is 0.656 bits per heavy atom. The van der Waals surface area contributed by atoms with E-state index >= 15 is 0 Å². The van der Waals surface area contributed by atoms with Crippen molar-refractivity contribution >= 4 is 80.2 Å². The molecule has 2 heterocycles. The molecule has 2 aromatic rings. The molecule has 160 valence electrons. The lowest BCUT2D eigenvalue weighted by molar-refractivity contribution is -0.126. The Kier molecular flexibility index (Phi) is 6.37. The highest BCUT2D eigenvalue weighted by atomic mass is 32.2. The fraction of sp³-hybridized carbons (Fsp3) is 0. The first-order valence-electron chi connectivity index (χ1n) is 8.95. The summed E-state index contributed by atoms with van der Waals surface area (Å²) in [5.41, 5.74) is 5.59. The van der Waals surface area contributed by atoms with Gasteiger partial charge in [-0.3, -0.25) is 30.0 Å². The third kappa shape index (κ3) is 4.30. The first-order chi connectivity index (χ1) is 15.4. The van der Waals surface area contributed by atoms with Crippen molar-refractivity contribution in [2.75, 3.05) is 0 Å². The van der Waals surface area contributed by atoms with E-state index in [1.807, 2.05) is 0 Å². The van der Waals surface area contributed by atoms with E-state index < -0.39 is 23.6 Å². The number of amides is 4. The number of thioether (sulfide) groups is 2. The van der Waals surface area contributed by atoms with Crippen LogP contribution in [-0.2, 0) is 9.59 Å². The summed E-state index contributed by atoms with van der Waals surface area (Å²) in [6, 6.07) is 16.6. The summed E-state index contributed by atoms with van der Waals surface area (Å²) in [6.45, 7) is 0. The van der Waals surface area contributed by atoms with Crippen LogP contribution >= 0.6 is 48.0 Å². The maximum atomic E-state index is 12.9. The van der Waals surface area contributed by atoms with Gasteiger partial charge in [-0.15, -0.1) is 0 Å². The van der Waals surface area contributed by atoms with Gasteiger partial charge in [0.05, 0.1) is 0 Å². The Morgan fingerprint density at radius 2 is 1.00 bits per heavy atom. The number of carbonyl (C=O) groups excluding carboxylic acids is 4. The second kappa shape index (κ2) is 9.20. The first kappa shape index (κ1) is 22.1. The van der Waals surface area contributed by atoms with Crippen LogP contribution in [0.2, 0.25) is 0 Å². The number of nitrogens with zero attached hydrogens (tertiary/aromatic N) is 2. The fourth-order valence-corrected chi connectivity index (χ4v) is 5.23. The SMILES string of the molecule is O=C(NN1C(=O)/C(=C2\SC(=S)N(NC(=O)c3ccccc3)C2=O)SC1=S)c1ccccc1. The van der Waals surface area contributed by atoms with Gasteiger partial charge < -0.3 is 0 Å². The van der Waals surface area contributed by atoms with Crippen molar-refractivity contribution in [2.24, 2.45) is 0 Å². The molecule has 4 rings (SSSR count). The predicted octanol–water partition coefficient (Wildman–Crippen LogP) is 2.61. The molecule has 0 aromatic heterocycles. The van der Waals surface area contributed by atoms with E-state index in [0.29, 0.717) is 11.1 Å². The van der Waals surface area contributed by atoms with Crippen LogP contribution in [0, 0.1) is 0 Å². The number of thiocarbonyl (C=S) groups is 2. The van der Waals surface area contributed by atoms with E-state index in [1.54, 1.807) is 60.7 Å². The molecule has 2 saturated heterocycles. The summed E-state index contributed by atoms with van der Waals surface area (Å²) in [6.07, 6.45) is 0. The van der Waals surface area contributed by atoms with Gasteiger partial charge in [-0.05, 0) is 48.7 Å². The second-order valence-electron chi connectivity index (χ2n) is 6.29. The highest BCUT2D eigenvalue weighted by molar-refractivity contribution is 8.29. The molecule has 0 unspecified atom stereocenters. The molecule has 0 radical (unpaired) electrons. The topological polar surface area (TPSA) is 98.8 Å². The van der Waals surface area contributed by atoms with Crippen molar-refractivity contribution < 1.29 is 19.2 Å². The summed E-state index contributed by atoms with van der Waals surface area (Å²) in [5.74, 6) is -2.35. The Hall–Kier alpha value is -3.06. The number of hydrogen-bond acceptors (Lipinski definition) is 8. The molecule has 2 aliphatic rings. The molecular weight excluding hydrogens is 489 g/mol. The zero-order chi connectivity index (χ0) is 22.8. The second-order valence-corrected chi connectivity index (χ2v) is 9.58. The minimum atomic E-state index is -0.654. The zero-order valence-corrected chi connectivity index (χ0v) is 19.2. The lowest BCUT2D eigenvalue weighted by atomic mass is 10.2. The molecule has 0 aliphatic carbocycles. The fourth-order valence-electron chi connectivity index (χ4n) is 2.71. The highest BCUT2D eigenvalue weighted by Gasteiger charge is 2.43. The average molecular weight is 501 g/mol. The Labute approximate surface area is 201 Å². The molecule has 2 N–H and O–H groups in total. The summed E-state index contributed by atoms with van der Waals surface area (Å²) in [4.78, 5) is 50.7. The third-order valence-corrected chi connectivity index (χ3v) is 7.12. The molecule has 0 saturated carbocycles. The van der Waals surface area contributed by atoms with Gasteiger partial charge in [-0.25, -0.2) is 0 Å². The molecule has 32 heavy (non-hydrogen) atoms. The third-order valence-electron chi connectivity index (χ3n) is 4.24. The lowest BCUT2D eigenvalue weighted by Crippen LogP contribution is -2.45. The van der Waals surface area contributed by atoms with Crippen molar-refractivity contribution in [3.05, 3.63) is 81.6 Å². The molecule has 2 fully saturated rings. The normalized spacial score (nSPS) is 18.4. The Balaban J connectivity index is 1.52. The van der Waals surface area contributed by atoms with Crippen molar-refractivity contribution in [1.82, 2.24) is 20.9 Å². The van der Waals surface area contributed by atoms with E-state index in [-0.39, 0.29) is 18.5 Å². The molecule has 8 nitrogen and oxygen atoms in total. The highest BCUT2D eigenvalue weighted by Crippen LogP contribution is 2.41. The molecule has 2 aliphatic heterocycles. The smallest absolute Gasteiger partial charge is 0.267 e. The number of carbonyl (C=O) groups is 4. The first-order valence-corrected chi connectivity index (χ1v) is 11.4. The van der Waals surface area contributed by atoms with Crippen LogP contribution in [0.1, 0.15) is 20.7 Å². The van der Waals surface area contributed by atoms with Crippen LogP contribution in [0.4, 0.5) is 0 Å². The summed E-state index contributed by atoms with van der Waals surface area (Å²) in [7, 11) is 0. The molecule has 0 spiro atoms. The van der Waals surface area contributed by atoms with Crippen LogP contribution in [0.25, 0.3) is 0 Å². The maximum absolute atomic E-state index is 12.9. The van der Waals surface area contributed by atoms with E-state index in [4.69, 9.17) is 24.4 Å². The maximum Gasteiger partial charge on any atom is 0.286 e. The number of nitrogens with one attached hydrogen (secondary N) is 2. The summed E-state index contributed by atoms with van der Waals surface area (Å²) < 4.78 is 0.126. The minimum Gasteiger partial charge on any atom is -0.267 e. The largest absolute Gasteiger partial charge is 0.286 e. The number of benzene rings is 2. The van der Waals surface area contributed by atoms with Crippen molar-refractivity contribution in [2.45, 2.75) is 0 Å². The minimum absolute atomic E-state index is 0.0252. The lowest BCUT2D eigenvalue weighted by Gasteiger charge is -2.16. The quantitative estimate of drug-likeness (QED) is 0.488. The van der Waals surface area contributed by atoms with E-state index in [2.05, 4.69) is 10.9 Å². The van der Waals surface area contributed by atoms with Crippen LogP contribution in [0.5, 0.6) is 0 Å². The Bertz CT molecular complexity index is 1110. The van der Waals surface area contributed by atoms with E-state index in [0.717, 1.165) is 33.5 Å². The van der Waals surface area contributed by atoms with Crippen molar-refractivity contribution in [3.63, 3.8) is 0 Å². The number of rotatable bonds is 4. The molecular formula is C20H12N4O4S4. The van der Waals surface area contributed by atoms with Gasteiger partial charge in [0.15, 0.2) is 8.64 Å². The monoisotopic (exact) mass is 500 g/mol. The van der Waals surface area contributed by atoms with Gasteiger partial charge >= 0.3 is 0 Å². The molecule has 4 amide bonds. The summed E-state index contributed by atoms with van der Waals surface area (Å²) >= 11 is 12.2. The van der Waals surface area contributed by atoms with Gasteiger partial charge in [0, 0.05) is 11.1 Å². The van der Waals surface area contributed by atoms with Crippen LogP contribution < -0.4 is 10.9 Å². The standard InChI is InChI=1S/C20H12N4O4S4/c25-15(11-7-3-1-4-8-11)21-23-17(27)13(31-19(23)29)14-18(28)24(20(30)32-14)22-16(26)12-9-5-2-6-10-12/h1-10H,(H,21,25)(H,22,26)/b14-13+. The van der Waals surface area contributed by atoms with Crippen molar-refractivity contribution in [1.29, 1.82) is 0 Å². The van der Waals surface area contributed by atoms with Crippen LogP contribution in [0.15, 0.2) is 70.5 Å². The van der Waals surface area contributed by atoms with Gasteiger partial charge in [0.25, 0.3) is 23.6 Å². The number of hydrazine groups is 2. The molecule has 2 aromatic carbocycles. The molecule has 0 atom stereocenters. The summed E-state index contributed by atoms with van der Waals surface area (Å²) in [5, 5.41) is 1.83.